The molecule has 2 rings (SSSR count). The minimum Gasteiger partial charge on any atom is -0.497 e. The first kappa shape index (κ1) is 17.1. The van der Waals surface area contributed by atoms with Crippen molar-refractivity contribution >= 4 is 17.5 Å². The van der Waals surface area contributed by atoms with Gasteiger partial charge in [-0.3, -0.25) is 4.79 Å². The lowest BCUT2D eigenvalue weighted by molar-refractivity contribution is 0.0953. The van der Waals surface area contributed by atoms with Gasteiger partial charge in [-0.15, -0.1) is 0 Å². The van der Waals surface area contributed by atoms with Crippen LogP contribution in [0.15, 0.2) is 36.4 Å². The number of benzene rings is 2. The molecular weight excluding hydrogens is 321 g/mol. The summed E-state index contributed by atoms with van der Waals surface area (Å²) in [6.07, 6.45) is 0.346. The molecule has 23 heavy (non-hydrogen) atoms. The second kappa shape index (κ2) is 7.83. The van der Waals surface area contributed by atoms with Crippen LogP contribution in [0.5, 0.6) is 11.5 Å². The van der Waals surface area contributed by atoms with Gasteiger partial charge in [0.2, 0.25) is 0 Å². The smallest absolute Gasteiger partial charge is 0.251 e. The summed E-state index contributed by atoms with van der Waals surface area (Å²) in [7, 11) is 3.02. The highest BCUT2D eigenvalue weighted by Gasteiger charge is 2.10. The van der Waals surface area contributed by atoms with Gasteiger partial charge >= 0.3 is 0 Å². The number of rotatable bonds is 6. The quantitative estimate of drug-likeness (QED) is 0.878. The molecular formula is C17H17ClFNO3. The third kappa shape index (κ3) is 4.60. The first-order chi connectivity index (χ1) is 11.0. The molecule has 1 amide bonds. The molecule has 0 aliphatic rings. The highest BCUT2D eigenvalue weighted by Crippen LogP contribution is 2.22. The Morgan fingerprint density at radius 1 is 1.13 bits per heavy atom. The van der Waals surface area contributed by atoms with Crippen molar-refractivity contribution in [1.82, 2.24) is 5.32 Å². The maximum Gasteiger partial charge on any atom is 0.251 e. The van der Waals surface area contributed by atoms with Crippen molar-refractivity contribution in [3.8, 4) is 11.5 Å². The molecule has 122 valence electrons. The Bertz CT molecular complexity index is 684. The SMILES string of the molecule is COc1cc(OC)cc(C(=O)NCCc2cc(Cl)ccc2F)c1. The van der Waals surface area contributed by atoms with Crippen LogP contribution in [-0.2, 0) is 6.42 Å². The Morgan fingerprint density at radius 3 is 2.39 bits per heavy atom. The molecule has 0 aromatic heterocycles. The van der Waals surface area contributed by atoms with Gasteiger partial charge < -0.3 is 14.8 Å². The van der Waals surface area contributed by atoms with Crippen LogP contribution < -0.4 is 14.8 Å². The van der Waals surface area contributed by atoms with E-state index in [4.69, 9.17) is 21.1 Å². The van der Waals surface area contributed by atoms with Crippen LogP contribution in [0.1, 0.15) is 15.9 Å². The van der Waals surface area contributed by atoms with Gasteiger partial charge in [0.05, 0.1) is 14.2 Å². The molecule has 0 atom stereocenters. The molecule has 0 saturated heterocycles. The van der Waals surface area contributed by atoms with Crippen LogP contribution in [0, 0.1) is 5.82 Å². The van der Waals surface area contributed by atoms with E-state index in [1.807, 2.05) is 0 Å². The van der Waals surface area contributed by atoms with E-state index in [0.29, 0.717) is 34.1 Å². The van der Waals surface area contributed by atoms with E-state index in [0.717, 1.165) is 0 Å². The molecule has 0 spiro atoms. The first-order valence-corrected chi connectivity index (χ1v) is 7.36. The summed E-state index contributed by atoms with van der Waals surface area (Å²) in [4.78, 5) is 12.2. The molecule has 0 aliphatic heterocycles. The van der Waals surface area contributed by atoms with Gasteiger partial charge in [0, 0.05) is 23.2 Å². The number of amides is 1. The molecule has 4 nitrogen and oxygen atoms in total. The standard InChI is InChI=1S/C17H17ClFNO3/c1-22-14-8-12(9-15(10-14)23-2)17(21)20-6-5-11-7-13(18)3-4-16(11)19/h3-4,7-10H,5-6H2,1-2H3,(H,20,21). The molecule has 0 bridgehead atoms. The third-order valence-corrected chi connectivity index (χ3v) is 3.54. The number of hydrogen-bond donors (Lipinski definition) is 1. The summed E-state index contributed by atoms with van der Waals surface area (Å²) in [5.74, 6) is 0.419. The van der Waals surface area contributed by atoms with Crippen molar-refractivity contribution < 1.29 is 18.7 Å². The number of methoxy groups -OCH3 is 2. The van der Waals surface area contributed by atoms with Gasteiger partial charge in [0.1, 0.15) is 17.3 Å². The van der Waals surface area contributed by atoms with E-state index in [1.54, 1.807) is 24.3 Å². The Morgan fingerprint density at radius 2 is 1.78 bits per heavy atom. The van der Waals surface area contributed by atoms with E-state index in [-0.39, 0.29) is 18.3 Å². The van der Waals surface area contributed by atoms with Crippen LogP contribution in [0.2, 0.25) is 5.02 Å². The van der Waals surface area contributed by atoms with Gasteiger partial charge in [0.25, 0.3) is 5.91 Å². The summed E-state index contributed by atoms with van der Waals surface area (Å²) in [6, 6.07) is 9.25. The van der Waals surface area contributed by atoms with E-state index in [2.05, 4.69) is 5.32 Å². The minimum absolute atomic E-state index is 0.287. The normalized spacial score (nSPS) is 10.3. The summed E-state index contributed by atoms with van der Waals surface area (Å²) >= 11 is 5.84. The average molecular weight is 338 g/mol. The number of halogens is 2. The van der Waals surface area contributed by atoms with Crippen LogP contribution in [0.25, 0.3) is 0 Å². The summed E-state index contributed by atoms with van der Waals surface area (Å²) in [6.45, 7) is 0.287. The number of hydrogen-bond acceptors (Lipinski definition) is 3. The summed E-state index contributed by atoms with van der Waals surface area (Å²) in [5, 5.41) is 3.20. The zero-order valence-electron chi connectivity index (χ0n) is 12.9. The van der Waals surface area contributed by atoms with Crippen molar-refractivity contribution in [2.24, 2.45) is 0 Å². The molecule has 6 heteroatoms. The fourth-order valence-corrected chi connectivity index (χ4v) is 2.28. The van der Waals surface area contributed by atoms with Gasteiger partial charge in [0.15, 0.2) is 0 Å². The zero-order chi connectivity index (χ0) is 16.8. The average Bonchev–Trinajstić information content (AvgIpc) is 2.57. The van der Waals surface area contributed by atoms with Crippen molar-refractivity contribution in [1.29, 1.82) is 0 Å². The fraction of sp³-hybridized carbons (Fsp3) is 0.235. The van der Waals surface area contributed by atoms with Gasteiger partial charge in [-0.2, -0.15) is 0 Å². The molecule has 0 fully saturated rings. The molecule has 2 aromatic carbocycles. The molecule has 0 unspecified atom stereocenters. The molecule has 1 N–H and O–H groups in total. The number of ether oxygens (including phenoxy) is 2. The van der Waals surface area contributed by atoms with Gasteiger partial charge in [-0.25, -0.2) is 4.39 Å². The van der Waals surface area contributed by atoms with Crippen molar-refractivity contribution in [2.45, 2.75) is 6.42 Å². The summed E-state index contributed by atoms with van der Waals surface area (Å²) < 4.78 is 23.9. The zero-order valence-corrected chi connectivity index (χ0v) is 13.6. The molecule has 2 aromatic rings. The second-order valence-electron chi connectivity index (χ2n) is 4.84. The number of carbonyl (C=O) groups excluding carboxylic acids is 1. The van der Waals surface area contributed by atoms with E-state index >= 15 is 0 Å². The maximum absolute atomic E-state index is 13.6. The Kier molecular flexibility index (Phi) is 5.82. The second-order valence-corrected chi connectivity index (χ2v) is 5.28. The maximum atomic E-state index is 13.6. The van der Waals surface area contributed by atoms with Crippen molar-refractivity contribution in [3.05, 3.63) is 58.4 Å². The Hall–Kier alpha value is -2.27. The molecule has 0 radical (unpaired) electrons. The van der Waals surface area contributed by atoms with Gasteiger partial charge in [-0.1, -0.05) is 11.6 Å². The van der Waals surface area contributed by atoms with Crippen molar-refractivity contribution in [2.75, 3.05) is 20.8 Å². The minimum atomic E-state index is -0.341. The molecule has 0 heterocycles. The Labute approximate surface area is 139 Å². The number of carbonyl (C=O) groups is 1. The van der Waals surface area contributed by atoms with Crippen LogP contribution in [0.4, 0.5) is 4.39 Å². The molecule has 0 saturated carbocycles. The number of nitrogens with one attached hydrogen (secondary N) is 1. The van der Waals surface area contributed by atoms with Crippen LogP contribution in [-0.4, -0.2) is 26.7 Å². The van der Waals surface area contributed by atoms with Crippen LogP contribution >= 0.6 is 11.6 Å². The first-order valence-electron chi connectivity index (χ1n) is 6.98. The highest BCUT2D eigenvalue weighted by molar-refractivity contribution is 6.30. The molecule has 0 aliphatic carbocycles. The van der Waals surface area contributed by atoms with E-state index in [1.165, 1.54) is 26.4 Å². The third-order valence-electron chi connectivity index (χ3n) is 3.30. The van der Waals surface area contributed by atoms with Crippen LogP contribution in [0.3, 0.4) is 0 Å². The lowest BCUT2D eigenvalue weighted by atomic mass is 10.1. The predicted octanol–water partition coefficient (Wildman–Crippen LogP) is 3.47. The highest BCUT2D eigenvalue weighted by atomic mass is 35.5. The predicted molar refractivity (Wildman–Crippen MR) is 87.0 cm³/mol. The largest absolute Gasteiger partial charge is 0.497 e. The van der Waals surface area contributed by atoms with Crippen molar-refractivity contribution in [3.63, 3.8) is 0 Å². The lowest BCUT2D eigenvalue weighted by Gasteiger charge is -2.10. The van der Waals surface area contributed by atoms with E-state index < -0.39 is 0 Å². The fourth-order valence-electron chi connectivity index (χ4n) is 2.09. The van der Waals surface area contributed by atoms with E-state index in [9.17, 15) is 9.18 Å². The lowest BCUT2D eigenvalue weighted by Crippen LogP contribution is -2.26. The topological polar surface area (TPSA) is 47.6 Å². The Balaban J connectivity index is 2.01. The summed E-state index contributed by atoms with van der Waals surface area (Å²) in [5.41, 5.74) is 0.869. The monoisotopic (exact) mass is 337 g/mol. The van der Waals surface area contributed by atoms with Gasteiger partial charge in [-0.05, 0) is 42.3 Å².